The second-order valence-corrected chi connectivity index (χ2v) is 5.36. The molecule has 5 heteroatoms. The first-order valence-electron chi connectivity index (χ1n) is 6.15. The van der Waals surface area contributed by atoms with Crippen molar-refractivity contribution in [3.63, 3.8) is 0 Å². The van der Waals surface area contributed by atoms with Gasteiger partial charge in [-0.1, -0.05) is 29.8 Å². The van der Waals surface area contributed by atoms with Gasteiger partial charge in [0.25, 0.3) is 0 Å². The van der Waals surface area contributed by atoms with Gasteiger partial charge in [-0.05, 0) is 38.0 Å². The molecule has 2 aromatic carbocycles. The summed E-state index contributed by atoms with van der Waals surface area (Å²) in [5.74, 6) is 0.266. The third kappa shape index (κ3) is 3.11. The van der Waals surface area contributed by atoms with Crippen molar-refractivity contribution in [1.82, 2.24) is 0 Å². The lowest BCUT2D eigenvalue weighted by Crippen LogP contribution is -1.94. The van der Waals surface area contributed by atoms with Crippen LogP contribution in [-0.2, 0) is 0 Å². The topological polar surface area (TPSA) is 52.4 Å². The molecule has 0 saturated carbocycles. The van der Waals surface area contributed by atoms with Gasteiger partial charge in [0.1, 0.15) is 0 Å². The van der Waals surface area contributed by atoms with Crippen molar-refractivity contribution in [3.05, 3.63) is 63.2 Å². The molecule has 0 aliphatic heterocycles. The van der Waals surface area contributed by atoms with E-state index in [1.807, 2.05) is 20.8 Å². The van der Waals surface area contributed by atoms with Gasteiger partial charge in [-0.2, -0.15) is 0 Å². The summed E-state index contributed by atoms with van der Waals surface area (Å²) in [5.41, 5.74) is 3.37. The summed E-state index contributed by atoms with van der Waals surface area (Å²) in [6.07, 6.45) is 0. The molecule has 2 aromatic rings. The van der Waals surface area contributed by atoms with Crippen LogP contribution in [0.4, 0.5) is 5.69 Å². The Hall–Kier alpha value is -2.01. The van der Waals surface area contributed by atoms with Gasteiger partial charge in [-0.15, -0.1) is 0 Å². The zero-order valence-corrected chi connectivity index (χ0v) is 12.4. The molecule has 0 aliphatic rings. The van der Waals surface area contributed by atoms with Gasteiger partial charge in [0.2, 0.25) is 5.75 Å². The molecule has 0 fully saturated rings. The van der Waals surface area contributed by atoms with E-state index in [-0.39, 0.29) is 11.4 Å². The fourth-order valence-electron chi connectivity index (χ4n) is 2.06. The van der Waals surface area contributed by atoms with Crippen molar-refractivity contribution in [3.8, 4) is 5.75 Å². The molecule has 0 radical (unpaired) electrons. The Morgan fingerprint density at radius 3 is 2.30 bits per heavy atom. The summed E-state index contributed by atoms with van der Waals surface area (Å²) in [7, 11) is 0. The van der Waals surface area contributed by atoms with E-state index in [1.165, 1.54) is 11.6 Å². The van der Waals surface area contributed by atoms with Crippen molar-refractivity contribution >= 4 is 17.7 Å². The van der Waals surface area contributed by atoms with E-state index in [0.717, 1.165) is 28.1 Å². The number of nitro groups is 1. The zero-order chi connectivity index (χ0) is 14.7. The first-order valence-corrected chi connectivity index (χ1v) is 6.89. The molecule has 0 heterocycles. The van der Waals surface area contributed by atoms with Gasteiger partial charge in [0, 0.05) is 6.07 Å². The molecule has 0 aliphatic carbocycles. The fraction of sp³-hybridized carbons (Fsp3) is 0.200. The fourth-order valence-corrected chi connectivity index (χ4v) is 2.76. The predicted octanol–water partition coefficient (Wildman–Crippen LogP) is 4.61. The minimum absolute atomic E-state index is 0.0255. The minimum atomic E-state index is -0.440. The number of rotatable bonds is 4. The Balaban J connectivity index is 2.24. The predicted molar refractivity (Wildman–Crippen MR) is 80.2 cm³/mol. The Kier molecular flexibility index (Phi) is 4.29. The molecular formula is C15H15NO3S. The van der Waals surface area contributed by atoms with E-state index in [1.54, 1.807) is 18.2 Å². The molecule has 2 rings (SSSR count). The van der Waals surface area contributed by atoms with E-state index in [9.17, 15) is 10.1 Å². The quantitative estimate of drug-likeness (QED) is 0.468. The lowest BCUT2D eigenvalue weighted by atomic mass is 10.1. The Morgan fingerprint density at radius 1 is 1.10 bits per heavy atom. The van der Waals surface area contributed by atoms with Crippen LogP contribution in [0.3, 0.4) is 0 Å². The van der Waals surface area contributed by atoms with Crippen molar-refractivity contribution in [2.24, 2.45) is 0 Å². The van der Waals surface area contributed by atoms with Crippen molar-refractivity contribution in [2.45, 2.75) is 25.7 Å². The third-order valence-corrected chi connectivity index (χ3v) is 3.95. The second kappa shape index (κ2) is 5.96. The minimum Gasteiger partial charge on any atom is -0.413 e. The molecule has 0 aromatic heterocycles. The van der Waals surface area contributed by atoms with Gasteiger partial charge in [-0.25, -0.2) is 0 Å². The van der Waals surface area contributed by atoms with Crippen LogP contribution in [-0.4, -0.2) is 4.92 Å². The maximum atomic E-state index is 10.9. The van der Waals surface area contributed by atoms with E-state index in [0.29, 0.717) is 0 Å². The number of hydrogen-bond donors (Lipinski definition) is 0. The van der Waals surface area contributed by atoms with E-state index in [2.05, 4.69) is 12.1 Å². The molecule has 0 saturated heterocycles. The lowest BCUT2D eigenvalue weighted by Gasteiger charge is -2.10. The molecule has 0 bridgehead atoms. The Bertz CT molecular complexity index is 632. The first-order chi connectivity index (χ1) is 9.49. The summed E-state index contributed by atoms with van der Waals surface area (Å²) in [6, 6.07) is 10.5. The summed E-state index contributed by atoms with van der Waals surface area (Å²) in [5, 5.41) is 10.9. The molecule has 0 amide bonds. The maximum Gasteiger partial charge on any atom is 0.312 e. The van der Waals surface area contributed by atoms with Crippen LogP contribution in [0.5, 0.6) is 5.75 Å². The molecule has 0 unspecified atom stereocenters. The third-order valence-electron chi connectivity index (χ3n) is 2.88. The maximum absolute atomic E-state index is 10.9. The summed E-state index contributed by atoms with van der Waals surface area (Å²) < 4.78 is 5.56. The number of hydrogen-bond acceptors (Lipinski definition) is 4. The Morgan fingerprint density at radius 2 is 1.70 bits per heavy atom. The summed E-state index contributed by atoms with van der Waals surface area (Å²) in [6.45, 7) is 6.05. The molecule has 0 atom stereocenters. The standard InChI is InChI=1S/C15H15NO3S/c1-10-8-11(2)15(12(3)9-10)20-19-14-7-5-4-6-13(14)16(17)18/h4-9H,1-3H3. The number of aryl methyl sites for hydroxylation is 3. The van der Waals surface area contributed by atoms with Crippen molar-refractivity contribution in [2.75, 3.05) is 0 Å². The van der Waals surface area contributed by atoms with Gasteiger partial charge in [-0.3, -0.25) is 10.1 Å². The van der Waals surface area contributed by atoms with Crippen LogP contribution >= 0.6 is 12.0 Å². The number of nitrogens with zero attached hydrogens (tertiary/aromatic N) is 1. The number of nitro benzene ring substituents is 1. The summed E-state index contributed by atoms with van der Waals surface area (Å²) in [4.78, 5) is 11.5. The molecular weight excluding hydrogens is 274 g/mol. The Labute approximate surface area is 122 Å². The second-order valence-electron chi connectivity index (χ2n) is 4.62. The van der Waals surface area contributed by atoms with Crippen LogP contribution in [0.15, 0.2) is 41.3 Å². The SMILES string of the molecule is Cc1cc(C)c(SOc2ccccc2[N+](=O)[O-])c(C)c1. The highest BCUT2D eigenvalue weighted by Gasteiger charge is 2.15. The first kappa shape index (κ1) is 14.4. The largest absolute Gasteiger partial charge is 0.413 e. The van der Waals surface area contributed by atoms with Gasteiger partial charge in [0.05, 0.1) is 21.9 Å². The molecule has 20 heavy (non-hydrogen) atoms. The highest BCUT2D eigenvalue weighted by molar-refractivity contribution is 7.95. The smallest absolute Gasteiger partial charge is 0.312 e. The van der Waals surface area contributed by atoms with Crippen LogP contribution in [0, 0.1) is 30.9 Å². The van der Waals surface area contributed by atoms with Crippen molar-refractivity contribution < 1.29 is 9.11 Å². The van der Waals surface area contributed by atoms with Crippen LogP contribution in [0.1, 0.15) is 16.7 Å². The number of para-hydroxylation sites is 2. The van der Waals surface area contributed by atoms with Gasteiger partial charge >= 0.3 is 5.69 Å². The average Bonchev–Trinajstić information content (AvgIpc) is 2.37. The normalized spacial score (nSPS) is 10.3. The monoisotopic (exact) mass is 289 g/mol. The van der Waals surface area contributed by atoms with E-state index < -0.39 is 4.92 Å². The van der Waals surface area contributed by atoms with Crippen molar-refractivity contribution in [1.29, 1.82) is 0 Å². The van der Waals surface area contributed by atoms with Gasteiger partial charge in [0.15, 0.2) is 0 Å². The molecule has 0 N–H and O–H groups in total. The van der Waals surface area contributed by atoms with E-state index >= 15 is 0 Å². The van der Waals surface area contributed by atoms with Gasteiger partial charge < -0.3 is 4.18 Å². The highest BCUT2D eigenvalue weighted by Crippen LogP contribution is 2.34. The zero-order valence-electron chi connectivity index (χ0n) is 11.5. The average molecular weight is 289 g/mol. The number of benzene rings is 2. The van der Waals surface area contributed by atoms with E-state index in [4.69, 9.17) is 4.18 Å². The van der Waals surface area contributed by atoms with Crippen LogP contribution in [0.2, 0.25) is 0 Å². The highest BCUT2D eigenvalue weighted by atomic mass is 32.2. The van der Waals surface area contributed by atoms with Crippen LogP contribution in [0.25, 0.3) is 0 Å². The van der Waals surface area contributed by atoms with Crippen LogP contribution < -0.4 is 4.18 Å². The molecule has 4 nitrogen and oxygen atoms in total. The lowest BCUT2D eigenvalue weighted by molar-refractivity contribution is -0.385. The molecule has 0 spiro atoms. The molecule has 104 valence electrons. The summed E-state index contributed by atoms with van der Waals surface area (Å²) >= 11 is 1.16.